The number of aryl methyl sites for hydroxylation is 2. The van der Waals surface area contributed by atoms with Crippen molar-refractivity contribution in [2.75, 3.05) is 10.6 Å². The van der Waals surface area contributed by atoms with Crippen molar-refractivity contribution in [3.63, 3.8) is 0 Å². The van der Waals surface area contributed by atoms with Gasteiger partial charge in [-0.2, -0.15) is 0 Å². The molecule has 2 atom stereocenters. The van der Waals surface area contributed by atoms with Gasteiger partial charge < -0.3 is 26.4 Å². The van der Waals surface area contributed by atoms with Crippen molar-refractivity contribution >= 4 is 23.0 Å². The Labute approximate surface area is 222 Å². The lowest BCUT2D eigenvalue weighted by atomic mass is 10.0. The largest absolute Gasteiger partial charge is 0.474 e. The van der Waals surface area contributed by atoms with Gasteiger partial charge >= 0.3 is 0 Å². The number of aromatic nitrogens is 2. The summed E-state index contributed by atoms with van der Waals surface area (Å²) in [7, 11) is 0. The van der Waals surface area contributed by atoms with Crippen molar-refractivity contribution in [2.24, 2.45) is 5.73 Å². The van der Waals surface area contributed by atoms with Crippen LogP contribution in [0.5, 0.6) is 0 Å². The predicted octanol–water partition coefficient (Wildman–Crippen LogP) is 6.78. The van der Waals surface area contributed by atoms with Crippen molar-refractivity contribution in [3.8, 4) is 0 Å². The first-order valence-electron chi connectivity index (χ1n) is 13.1. The highest BCUT2D eigenvalue weighted by Gasteiger charge is 2.23. The maximum atomic E-state index is 15.3. The average molecular weight is 513 g/mol. The van der Waals surface area contributed by atoms with Gasteiger partial charge in [-0.15, -0.1) is 0 Å². The Kier molecular flexibility index (Phi) is 10.8. The number of halogens is 1. The zero-order valence-corrected chi connectivity index (χ0v) is 23.6. The van der Waals surface area contributed by atoms with Crippen LogP contribution in [-0.4, -0.2) is 27.7 Å². The summed E-state index contributed by atoms with van der Waals surface area (Å²) in [5.74, 6) is 0.529. The fraction of sp³-hybridized carbons (Fsp3) is 0.517. The number of nitrogens with one attached hydrogen (secondary N) is 3. The number of unbranched alkanes of at least 4 members (excludes halogenated alkanes) is 2. The molecular weight excluding hydrogens is 467 g/mol. The molecule has 0 spiro atoms. The van der Waals surface area contributed by atoms with E-state index >= 15 is 4.39 Å². The molecule has 0 saturated heterocycles. The number of rotatable bonds is 14. The Morgan fingerprint density at radius 3 is 2.43 bits per heavy atom. The van der Waals surface area contributed by atoms with Crippen LogP contribution >= 0.6 is 0 Å². The van der Waals surface area contributed by atoms with Gasteiger partial charge in [0.05, 0.1) is 11.9 Å². The molecule has 37 heavy (non-hydrogen) atoms. The lowest BCUT2D eigenvalue weighted by molar-refractivity contribution is 0.0382. The van der Waals surface area contributed by atoms with E-state index in [1.807, 2.05) is 40.7 Å². The van der Waals surface area contributed by atoms with Crippen LogP contribution in [0.2, 0.25) is 0 Å². The molecule has 0 radical (unpaired) electrons. The van der Waals surface area contributed by atoms with E-state index < -0.39 is 5.82 Å². The van der Waals surface area contributed by atoms with Gasteiger partial charge in [-0.05, 0) is 71.7 Å². The number of hydrogen-bond donors (Lipinski definition) is 4. The van der Waals surface area contributed by atoms with Crippen molar-refractivity contribution in [3.05, 3.63) is 60.0 Å². The van der Waals surface area contributed by atoms with E-state index in [1.54, 1.807) is 6.20 Å². The second kappa shape index (κ2) is 13.3. The summed E-state index contributed by atoms with van der Waals surface area (Å²) in [6, 6.07) is 3.14. The SMILES string of the molecule is C=C(NC(C)C(CCCCC)Nc1nc(Nc2cnc(CC)c(C)c2)c(C(=C)N)cc1F)OC(C)(C)C. The summed E-state index contributed by atoms with van der Waals surface area (Å²) in [6.07, 6.45) is 6.57. The minimum Gasteiger partial charge on any atom is -0.474 e. The molecule has 7 nitrogen and oxygen atoms in total. The molecule has 2 heterocycles. The number of pyridine rings is 2. The fourth-order valence-electron chi connectivity index (χ4n) is 4.10. The molecule has 0 bridgehead atoms. The first-order chi connectivity index (χ1) is 17.3. The molecule has 8 heteroatoms. The maximum Gasteiger partial charge on any atom is 0.180 e. The Balaban J connectivity index is 2.35. The molecule has 0 aromatic carbocycles. The molecule has 2 unspecified atom stereocenters. The van der Waals surface area contributed by atoms with Gasteiger partial charge in [0, 0.05) is 29.0 Å². The molecule has 0 fully saturated rings. The number of anilines is 3. The van der Waals surface area contributed by atoms with Gasteiger partial charge in [-0.3, -0.25) is 4.98 Å². The van der Waals surface area contributed by atoms with Crippen LogP contribution in [0, 0.1) is 12.7 Å². The van der Waals surface area contributed by atoms with Crippen LogP contribution in [0.1, 0.15) is 84.0 Å². The third-order valence-corrected chi connectivity index (χ3v) is 5.97. The normalized spacial score (nSPS) is 13.0. The Bertz CT molecular complexity index is 1080. The second-order valence-electron chi connectivity index (χ2n) is 10.5. The van der Waals surface area contributed by atoms with E-state index in [4.69, 9.17) is 10.5 Å². The minimum absolute atomic E-state index is 0.0955. The zero-order valence-electron chi connectivity index (χ0n) is 23.6. The molecular formula is C29H45FN6O. The molecule has 5 N–H and O–H groups in total. The summed E-state index contributed by atoms with van der Waals surface area (Å²) < 4.78 is 21.1. The summed E-state index contributed by atoms with van der Waals surface area (Å²) in [5, 5.41) is 9.90. The molecule has 0 saturated carbocycles. The highest BCUT2D eigenvalue weighted by atomic mass is 19.1. The van der Waals surface area contributed by atoms with Crippen LogP contribution in [0.25, 0.3) is 5.70 Å². The molecule has 2 rings (SSSR count). The molecule has 2 aromatic heterocycles. The molecule has 0 aliphatic rings. The summed E-state index contributed by atoms with van der Waals surface area (Å²) in [4.78, 5) is 9.11. The van der Waals surface area contributed by atoms with E-state index in [1.165, 1.54) is 6.07 Å². The molecule has 2 aromatic rings. The van der Waals surface area contributed by atoms with Gasteiger partial charge in [-0.1, -0.05) is 39.7 Å². The third-order valence-electron chi connectivity index (χ3n) is 5.97. The molecule has 0 amide bonds. The van der Waals surface area contributed by atoms with Gasteiger partial charge in [-0.25, -0.2) is 9.37 Å². The monoisotopic (exact) mass is 512 g/mol. The summed E-state index contributed by atoms with van der Waals surface area (Å²) >= 11 is 0. The lowest BCUT2D eigenvalue weighted by Crippen LogP contribution is -2.43. The third kappa shape index (κ3) is 9.26. The average Bonchev–Trinajstić information content (AvgIpc) is 2.78. The topological polar surface area (TPSA) is 97.1 Å². The van der Waals surface area contributed by atoms with Crippen molar-refractivity contribution in [2.45, 2.75) is 98.3 Å². The summed E-state index contributed by atoms with van der Waals surface area (Å²) in [6.45, 7) is 22.0. The first kappa shape index (κ1) is 29.9. The first-order valence-corrected chi connectivity index (χ1v) is 13.1. The van der Waals surface area contributed by atoms with Crippen LogP contribution in [0.3, 0.4) is 0 Å². The van der Waals surface area contributed by atoms with Crippen LogP contribution in [0.15, 0.2) is 37.4 Å². The van der Waals surface area contributed by atoms with Crippen LogP contribution in [0.4, 0.5) is 21.7 Å². The Morgan fingerprint density at radius 1 is 1.16 bits per heavy atom. The van der Waals surface area contributed by atoms with Crippen molar-refractivity contribution < 1.29 is 9.13 Å². The van der Waals surface area contributed by atoms with Gasteiger partial charge in [0.2, 0.25) is 0 Å². The Morgan fingerprint density at radius 2 is 1.86 bits per heavy atom. The fourth-order valence-corrected chi connectivity index (χ4v) is 4.10. The number of nitrogens with two attached hydrogens (primary N) is 1. The predicted molar refractivity (Wildman–Crippen MR) is 153 cm³/mol. The van der Waals surface area contributed by atoms with Crippen molar-refractivity contribution in [1.29, 1.82) is 0 Å². The standard InChI is InChI=1S/C29H45FN6O/c1-10-12-13-14-26(20(5)33-21(6)37-29(7,8)9)35-28-24(30)16-23(19(4)31)27(36-28)34-22-15-18(3)25(11-2)32-17-22/h15-17,20,26,33H,4,6,10-14,31H2,1-3,5,7-9H3,(H2,34,35,36). The molecule has 204 valence electrons. The van der Waals surface area contributed by atoms with E-state index in [0.29, 0.717) is 17.3 Å². The molecule has 0 aliphatic heterocycles. The van der Waals surface area contributed by atoms with E-state index in [-0.39, 0.29) is 29.2 Å². The quantitative estimate of drug-likeness (QED) is 0.163. The van der Waals surface area contributed by atoms with E-state index in [9.17, 15) is 0 Å². The van der Waals surface area contributed by atoms with Gasteiger partial charge in [0.15, 0.2) is 17.5 Å². The summed E-state index contributed by atoms with van der Waals surface area (Å²) in [5.41, 5.74) is 9.08. The second-order valence-corrected chi connectivity index (χ2v) is 10.5. The van der Waals surface area contributed by atoms with E-state index in [2.05, 4.69) is 52.9 Å². The van der Waals surface area contributed by atoms with Gasteiger partial charge in [0.1, 0.15) is 11.4 Å². The molecule has 0 aliphatic carbocycles. The van der Waals surface area contributed by atoms with Crippen molar-refractivity contribution in [1.82, 2.24) is 15.3 Å². The lowest BCUT2D eigenvalue weighted by Gasteiger charge is -2.31. The number of nitrogens with zero attached hydrogens (tertiary/aromatic N) is 2. The van der Waals surface area contributed by atoms with Crippen LogP contribution < -0.4 is 21.7 Å². The van der Waals surface area contributed by atoms with E-state index in [0.717, 1.165) is 49.0 Å². The zero-order chi connectivity index (χ0) is 27.8. The smallest absolute Gasteiger partial charge is 0.180 e. The van der Waals surface area contributed by atoms with Crippen LogP contribution in [-0.2, 0) is 11.2 Å². The highest BCUT2D eigenvalue weighted by Crippen LogP contribution is 2.28. The maximum absolute atomic E-state index is 15.3. The number of hydrogen-bond acceptors (Lipinski definition) is 7. The number of ether oxygens (including phenoxy) is 1. The minimum atomic E-state index is -0.500. The Hall–Kier alpha value is -3.29. The highest BCUT2D eigenvalue weighted by molar-refractivity contribution is 5.75. The van der Waals surface area contributed by atoms with Gasteiger partial charge in [0.25, 0.3) is 0 Å².